The van der Waals surface area contributed by atoms with Crippen LogP contribution < -0.4 is 52.1 Å². The van der Waals surface area contributed by atoms with Gasteiger partial charge in [-0.05, 0) is 55.5 Å². The molecule has 6 heterocycles. The quantitative estimate of drug-likeness (QED) is 0.105. The molecule has 0 fully saturated rings. The number of hydrogen-bond donors (Lipinski definition) is 4. The number of nitrogens with zero attached hydrogens (tertiary/aromatic N) is 8. The largest absolute Gasteiger partial charge is 1.00 e. The van der Waals surface area contributed by atoms with Gasteiger partial charge in [-0.1, -0.05) is 23.2 Å². The second-order valence-electron chi connectivity index (χ2n) is 13.5. The van der Waals surface area contributed by atoms with Crippen LogP contribution in [0.3, 0.4) is 0 Å². The number of H-pyrrole nitrogens is 2. The van der Waals surface area contributed by atoms with E-state index >= 15 is 0 Å². The Morgan fingerprint density at radius 3 is 1.57 bits per heavy atom. The van der Waals surface area contributed by atoms with Gasteiger partial charge in [-0.3, -0.25) is 32.7 Å². The van der Waals surface area contributed by atoms with E-state index in [1.807, 2.05) is 36.4 Å². The molecule has 0 saturated carbocycles. The summed E-state index contributed by atoms with van der Waals surface area (Å²) in [6.45, 7) is 2.05. The molecule has 0 amide bonds. The summed E-state index contributed by atoms with van der Waals surface area (Å²) in [4.78, 5) is 78.7. The minimum Gasteiger partial charge on any atom is -1.00 e. The molecule has 0 unspecified atom stereocenters. The molecule has 4 N–H and O–H groups in total. The second kappa shape index (κ2) is 20.2. The van der Waals surface area contributed by atoms with Crippen LogP contribution in [0.15, 0.2) is 67.7 Å². The maximum absolute atomic E-state index is 13.2. The Morgan fingerprint density at radius 1 is 0.721 bits per heavy atom. The van der Waals surface area contributed by atoms with Crippen LogP contribution >= 0.6 is 23.2 Å². The molecule has 8 rings (SSSR count). The molecule has 315 valence electrons. The SMILES string of the molecule is CCOC(=O)Cc1nc2c(c(=O)n(Cc3cc4cc(Cl)ccc4[nH]3)c(=O)n2C)n1C.CO.Cn1c(CCO)nc2c1c(=O)n(Cc1cc3cc(Cl)ccc3[nH]1)c(=O)n2C.[B].[H-].[Na+]. The number of rotatable bonds is 9. The third-order valence-electron chi connectivity index (χ3n) is 9.78. The van der Waals surface area contributed by atoms with E-state index in [1.54, 1.807) is 51.8 Å². The van der Waals surface area contributed by atoms with E-state index in [0.29, 0.717) is 45.0 Å². The number of nitrogens with one attached hydrogen (secondary N) is 2. The number of carbonyl (C=O) groups is 1. The molecule has 0 saturated heterocycles. The van der Waals surface area contributed by atoms with Crippen LogP contribution in [0.2, 0.25) is 10.0 Å². The first-order chi connectivity index (χ1) is 28.2. The molecule has 61 heavy (non-hydrogen) atoms. The molecular formula is C39H43BCl2N10NaO8. The van der Waals surface area contributed by atoms with Gasteiger partial charge in [0.15, 0.2) is 22.3 Å². The second-order valence-corrected chi connectivity index (χ2v) is 14.4. The minimum absolute atomic E-state index is 0. The molecule has 0 aliphatic heterocycles. The van der Waals surface area contributed by atoms with Gasteiger partial charge in [-0.2, -0.15) is 0 Å². The maximum Gasteiger partial charge on any atom is 1.00 e. The normalized spacial score (nSPS) is 10.9. The Balaban J connectivity index is 0.000000305. The first-order valence-corrected chi connectivity index (χ1v) is 19.0. The van der Waals surface area contributed by atoms with Gasteiger partial charge in [0.25, 0.3) is 11.1 Å². The third kappa shape index (κ3) is 9.52. The van der Waals surface area contributed by atoms with Crippen molar-refractivity contribution in [3.63, 3.8) is 0 Å². The van der Waals surface area contributed by atoms with Crippen LogP contribution in [0.25, 0.3) is 44.1 Å². The molecule has 2 aromatic carbocycles. The summed E-state index contributed by atoms with van der Waals surface area (Å²) < 4.78 is 13.1. The monoisotopic (exact) mass is 883 g/mol. The Morgan fingerprint density at radius 2 is 1.15 bits per heavy atom. The summed E-state index contributed by atoms with van der Waals surface area (Å²) in [6, 6.07) is 14.6. The van der Waals surface area contributed by atoms with Gasteiger partial charge in [-0.25, -0.2) is 19.6 Å². The Bertz CT molecular complexity index is 3150. The van der Waals surface area contributed by atoms with Gasteiger partial charge in [0.2, 0.25) is 0 Å². The zero-order valence-electron chi connectivity index (χ0n) is 35.6. The van der Waals surface area contributed by atoms with Crippen molar-refractivity contribution in [2.24, 2.45) is 28.2 Å². The van der Waals surface area contributed by atoms with E-state index in [1.165, 1.54) is 18.3 Å². The molecule has 0 atom stereocenters. The number of aliphatic hydroxyl groups excluding tert-OH is 2. The van der Waals surface area contributed by atoms with Crippen LogP contribution in [-0.4, -0.2) is 92.3 Å². The Hall–Kier alpha value is -5.15. The Kier molecular flexibility index (Phi) is 16.0. The van der Waals surface area contributed by atoms with Crippen molar-refractivity contribution in [3.8, 4) is 0 Å². The average Bonchev–Trinajstić information content (AvgIpc) is 3.97. The molecular weight excluding hydrogens is 841 g/mol. The first-order valence-electron chi connectivity index (χ1n) is 18.3. The van der Waals surface area contributed by atoms with Crippen molar-refractivity contribution in [2.45, 2.75) is 32.9 Å². The van der Waals surface area contributed by atoms with Gasteiger partial charge >= 0.3 is 46.9 Å². The van der Waals surface area contributed by atoms with Gasteiger partial charge < -0.3 is 35.5 Å². The van der Waals surface area contributed by atoms with E-state index in [0.717, 1.165) is 39.2 Å². The molecule has 0 aliphatic rings. The van der Waals surface area contributed by atoms with Crippen LogP contribution in [0.5, 0.6) is 0 Å². The zero-order valence-corrected chi connectivity index (χ0v) is 38.1. The summed E-state index contributed by atoms with van der Waals surface area (Å²) in [6.07, 6.45) is 0.219. The number of ether oxygens (including phenoxy) is 1. The number of benzene rings is 2. The van der Waals surface area contributed by atoms with E-state index in [9.17, 15) is 29.1 Å². The summed E-state index contributed by atoms with van der Waals surface area (Å²) in [5, 5.41) is 19.2. The van der Waals surface area contributed by atoms with E-state index < -0.39 is 28.5 Å². The van der Waals surface area contributed by atoms with Crippen molar-refractivity contribution >= 4 is 81.7 Å². The van der Waals surface area contributed by atoms with Crippen molar-refractivity contribution in [1.29, 1.82) is 0 Å². The average molecular weight is 885 g/mol. The number of aryl methyl sites for hydroxylation is 4. The topological polar surface area (TPSA) is 222 Å². The van der Waals surface area contributed by atoms with Crippen molar-refractivity contribution in [2.75, 3.05) is 20.3 Å². The molecule has 3 radical (unpaired) electrons. The van der Waals surface area contributed by atoms with Gasteiger partial charge in [0, 0.05) is 93.4 Å². The predicted octanol–water partition coefficient (Wildman–Crippen LogP) is -0.782. The Labute approximate surface area is 382 Å². The van der Waals surface area contributed by atoms with Crippen LogP contribution in [0, 0.1) is 0 Å². The standard InChI is InChI=1S/C20H20ClN5O4.C18H18ClN5O3.CH4O.B.Na.H/c1-4-30-16(27)9-15-23-18-17(24(15)2)19(28)26(20(29)25(18)3)10-13-8-11-7-12(21)5-6-14(11)22-13;1-22-14(5-6-25)21-16-15(22)17(26)24(18(27)23(16)2)9-12-8-10-7-11(19)3-4-13(10)20-12;1-2;;;/h5-8,22H,4,9-10H2,1-3H3;3-4,7-8,20,25H,5-6,9H2,1-2H3;2H,1H3;;;/q;;;;+1;-1. The number of hydrogen-bond acceptors (Lipinski definition) is 10. The summed E-state index contributed by atoms with van der Waals surface area (Å²) in [5.74, 6) is 0.462. The number of esters is 1. The van der Waals surface area contributed by atoms with Gasteiger partial charge in [0.05, 0.1) is 26.3 Å². The van der Waals surface area contributed by atoms with E-state index in [2.05, 4.69) is 19.9 Å². The summed E-state index contributed by atoms with van der Waals surface area (Å²) in [5.41, 5.74) is 2.45. The smallest absolute Gasteiger partial charge is 1.00 e. The van der Waals surface area contributed by atoms with E-state index in [-0.39, 0.29) is 83.3 Å². The van der Waals surface area contributed by atoms with Crippen molar-refractivity contribution < 1.29 is 50.7 Å². The fourth-order valence-electron chi connectivity index (χ4n) is 6.92. The predicted molar refractivity (Wildman–Crippen MR) is 231 cm³/mol. The number of aromatic nitrogens is 10. The molecule has 6 aromatic heterocycles. The minimum atomic E-state index is -0.495. The fraction of sp³-hybridized carbons (Fsp3) is 0.308. The maximum atomic E-state index is 13.2. The zero-order chi connectivity index (χ0) is 42.9. The number of carbonyl (C=O) groups excluding carboxylic acids is 1. The first kappa shape index (κ1) is 48.5. The fourth-order valence-corrected chi connectivity index (χ4v) is 7.28. The number of aromatic amines is 2. The summed E-state index contributed by atoms with van der Waals surface area (Å²) in [7, 11) is 7.49. The number of aliphatic hydroxyl groups is 2. The number of halogens is 2. The summed E-state index contributed by atoms with van der Waals surface area (Å²) >= 11 is 12.1. The molecule has 0 spiro atoms. The van der Waals surface area contributed by atoms with Gasteiger partial charge in [-0.15, -0.1) is 0 Å². The molecule has 0 aliphatic carbocycles. The number of fused-ring (bicyclic) bond motifs is 4. The van der Waals surface area contributed by atoms with Crippen LogP contribution in [0.1, 0.15) is 31.4 Å². The van der Waals surface area contributed by atoms with Gasteiger partial charge in [0.1, 0.15) is 18.1 Å². The van der Waals surface area contributed by atoms with Crippen LogP contribution in [0.4, 0.5) is 0 Å². The van der Waals surface area contributed by atoms with E-state index in [4.69, 9.17) is 33.0 Å². The van der Waals surface area contributed by atoms with Crippen molar-refractivity contribution in [1.82, 2.24) is 47.3 Å². The number of imidazole rings is 2. The molecule has 8 aromatic rings. The molecule has 22 heteroatoms. The van der Waals surface area contributed by atoms with Crippen LogP contribution in [-0.2, 0) is 63.7 Å². The molecule has 18 nitrogen and oxygen atoms in total. The molecule has 0 bridgehead atoms. The third-order valence-corrected chi connectivity index (χ3v) is 10.3. The van der Waals surface area contributed by atoms with Crippen molar-refractivity contribution in [3.05, 3.63) is 123 Å².